The maximum Gasteiger partial charge on any atom is 0.128 e. The van der Waals surface area contributed by atoms with Crippen molar-refractivity contribution in [1.82, 2.24) is 0 Å². The molecule has 94 valence electrons. The number of benzene rings is 2. The van der Waals surface area contributed by atoms with Crippen molar-refractivity contribution in [2.45, 2.75) is 20.1 Å². The second-order valence-corrected chi connectivity index (χ2v) is 4.30. The third kappa shape index (κ3) is 3.08. The summed E-state index contributed by atoms with van der Waals surface area (Å²) in [5, 5.41) is 12.1. The van der Waals surface area contributed by atoms with E-state index in [0.717, 1.165) is 16.8 Å². The van der Waals surface area contributed by atoms with Crippen LogP contribution in [0.25, 0.3) is 0 Å². The van der Waals surface area contributed by atoms with Crippen molar-refractivity contribution in [3.63, 3.8) is 0 Å². The average molecular weight is 245 g/mol. The van der Waals surface area contributed by atoms with E-state index in [1.54, 1.807) is 6.07 Å². The maximum absolute atomic E-state index is 13.5. The van der Waals surface area contributed by atoms with Gasteiger partial charge in [-0.25, -0.2) is 4.39 Å². The molecule has 3 heteroatoms. The Morgan fingerprint density at radius 2 is 1.83 bits per heavy atom. The van der Waals surface area contributed by atoms with Gasteiger partial charge in [0, 0.05) is 17.8 Å². The summed E-state index contributed by atoms with van der Waals surface area (Å²) in [5.74, 6) is -0.194. The molecule has 2 aromatic rings. The number of aliphatic hydroxyl groups excluding tert-OH is 1. The predicted molar refractivity (Wildman–Crippen MR) is 70.8 cm³/mol. The molecular formula is C15H16FNO. The van der Waals surface area contributed by atoms with Gasteiger partial charge in [-0.2, -0.15) is 0 Å². The fraction of sp³-hybridized carbons (Fsp3) is 0.200. The quantitative estimate of drug-likeness (QED) is 0.866. The molecule has 0 unspecified atom stereocenters. The van der Waals surface area contributed by atoms with E-state index in [0.29, 0.717) is 12.1 Å². The zero-order chi connectivity index (χ0) is 13.0. The number of aryl methyl sites for hydroxylation is 1. The van der Waals surface area contributed by atoms with Crippen molar-refractivity contribution in [2.75, 3.05) is 5.32 Å². The first-order valence-corrected chi connectivity index (χ1v) is 5.88. The molecule has 2 N–H and O–H groups in total. The van der Waals surface area contributed by atoms with Crippen molar-refractivity contribution >= 4 is 5.69 Å². The van der Waals surface area contributed by atoms with Crippen LogP contribution in [0.3, 0.4) is 0 Å². The van der Waals surface area contributed by atoms with Gasteiger partial charge in [-0.15, -0.1) is 0 Å². The van der Waals surface area contributed by atoms with Crippen molar-refractivity contribution in [2.24, 2.45) is 0 Å². The standard InChI is InChI=1S/C15H16FNO/c1-11-2-7-15(16)13(8-11)9-17-14-5-3-12(10-18)4-6-14/h2-8,17-18H,9-10H2,1H3. The number of hydrogen-bond donors (Lipinski definition) is 2. The number of rotatable bonds is 4. The van der Waals surface area contributed by atoms with Crippen molar-refractivity contribution in [3.8, 4) is 0 Å². The summed E-state index contributed by atoms with van der Waals surface area (Å²) in [6.07, 6.45) is 0. The van der Waals surface area contributed by atoms with Crippen LogP contribution in [-0.4, -0.2) is 5.11 Å². The van der Waals surface area contributed by atoms with E-state index in [-0.39, 0.29) is 12.4 Å². The fourth-order valence-electron chi connectivity index (χ4n) is 1.76. The van der Waals surface area contributed by atoms with Crippen LogP contribution >= 0.6 is 0 Å². The number of halogens is 1. The van der Waals surface area contributed by atoms with E-state index in [2.05, 4.69) is 5.32 Å². The van der Waals surface area contributed by atoms with Crippen LogP contribution in [0, 0.1) is 12.7 Å². The Bertz CT molecular complexity index is 523. The van der Waals surface area contributed by atoms with E-state index in [4.69, 9.17) is 5.11 Å². The fourth-order valence-corrected chi connectivity index (χ4v) is 1.76. The highest BCUT2D eigenvalue weighted by Gasteiger charge is 2.02. The van der Waals surface area contributed by atoms with Gasteiger partial charge in [0.1, 0.15) is 5.82 Å². The van der Waals surface area contributed by atoms with Gasteiger partial charge in [0.2, 0.25) is 0 Å². The summed E-state index contributed by atoms with van der Waals surface area (Å²) in [6.45, 7) is 2.43. The SMILES string of the molecule is Cc1ccc(F)c(CNc2ccc(CO)cc2)c1. The zero-order valence-electron chi connectivity index (χ0n) is 10.3. The molecule has 2 aromatic carbocycles. The first-order valence-electron chi connectivity index (χ1n) is 5.88. The smallest absolute Gasteiger partial charge is 0.128 e. The van der Waals surface area contributed by atoms with E-state index >= 15 is 0 Å². The molecule has 0 heterocycles. The molecule has 0 radical (unpaired) electrons. The van der Waals surface area contributed by atoms with Crippen LogP contribution in [0.1, 0.15) is 16.7 Å². The van der Waals surface area contributed by atoms with E-state index < -0.39 is 0 Å². The average Bonchev–Trinajstić information content (AvgIpc) is 2.40. The molecule has 2 nitrogen and oxygen atoms in total. The molecule has 0 spiro atoms. The summed E-state index contributed by atoms with van der Waals surface area (Å²) in [6, 6.07) is 12.5. The monoisotopic (exact) mass is 245 g/mol. The minimum Gasteiger partial charge on any atom is -0.392 e. The summed E-state index contributed by atoms with van der Waals surface area (Å²) in [7, 11) is 0. The Balaban J connectivity index is 2.04. The van der Waals surface area contributed by atoms with Gasteiger partial charge in [-0.1, -0.05) is 29.8 Å². The number of aliphatic hydroxyl groups is 1. The van der Waals surface area contributed by atoms with Gasteiger partial charge in [0.25, 0.3) is 0 Å². The number of nitrogens with one attached hydrogen (secondary N) is 1. The Kier molecular flexibility index (Phi) is 3.95. The molecule has 2 rings (SSSR count). The summed E-state index contributed by atoms with van der Waals surface area (Å²) < 4.78 is 13.5. The highest BCUT2D eigenvalue weighted by Crippen LogP contribution is 2.14. The van der Waals surface area contributed by atoms with Crippen molar-refractivity contribution in [1.29, 1.82) is 0 Å². The number of hydrogen-bond acceptors (Lipinski definition) is 2. The van der Waals surface area contributed by atoms with Gasteiger partial charge < -0.3 is 10.4 Å². The molecule has 0 saturated carbocycles. The Morgan fingerprint density at radius 3 is 2.50 bits per heavy atom. The van der Waals surface area contributed by atoms with Gasteiger partial charge in [-0.05, 0) is 30.7 Å². The molecule has 0 aromatic heterocycles. The molecule has 0 fully saturated rings. The molecule has 0 saturated heterocycles. The van der Waals surface area contributed by atoms with Crippen molar-refractivity contribution < 1.29 is 9.50 Å². The molecule has 0 aliphatic carbocycles. The molecule has 0 aliphatic heterocycles. The highest BCUT2D eigenvalue weighted by atomic mass is 19.1. The molecule has 18 heavy (non-hydrogen) atoms. The van der Waals surface area contributed by atoms with Crippen LogP contribution in [0.2, 0.25) is 0 Å². The second-order valence-electron chi connectivity index (χ2n) is 4.30. The first-order chi connectivity index (χ1) is 8.69. The van der Waals surface area contributed by atoms with Crippen LogP contribution in [0.15, 0.2) is 42.5 Å². The Morgan fingerprint density at radius 1 is 1.11 bits per heavy atom. The lowest BCUT2D eigenvalue weighted by Crippen LogP contribution is -2.02. The minimum atomic E-state index is -0.194. The van der Waals surface area contributed by atoms with Crippen molar-refractivity contribution in [3.05, 3.63) is 65.0 Å². The van der Waals surface area contributed by atoms with E-state index in [1.807, 2.05) is 37.3 Å². The van der Waals surface area contributed by atoms with Gasteiger partial charge >= 0.3 is 0 Å². The Labute approximate surface area is 106 Å². The zero-order valence-corrected chi connectivity index (χ0v) is 10.3. The number of anilines is 1. The lowest BCUT2D eigenvalue weighted by atomic mass is 10.1. The molecular weight excluding hydrogens is 229 g/mol. The topological polar surface area (TPSA) is 32.3 Å². The molecule has 0 aliphatic rings. The van der Waals surface area contributed by atoms with Gasteiger partial charge in [-0.3, -0.25) is 0 Å². The molecule has 0 bridgehead atoms. The van der Waals surface area contributed by atoms with E-state index in [1.165, 1.54) is 6.07 Å². The lowest BCUT2D eigenvalue weighted by molar-refractivity contribution is 0.282. The third-order valence-corrected chi connectivity index (χ3v) is 2.82. The molecule has 0 atom stereocenters. The predicted octanol–water partition coefficient (Wildman–Crippen LogP) is 3.24. The van der Waals surface area contributed by atoms with E-state index in [9.17, 15) is 4.39 Å². The summed E-state index contributed by atoms with van der Waals surface area (Å²) >= 11 is 0. The summed E-state index contributed by atoms with van der Waals surface area (Å²) in [4.78, 5) is 0. The Hall–Kier alpha value is -1.87. The van der Waals surface area contributed by atoms with Crippen LogP contribution < -0.4 is 5.32 Å². The first kappa shape index (κ1) is 12.6. The largest absolute Gasteiger partial charge is 0.392 e. The summed E-state index contributed by atoms with van der Waals surface area (Å²) in [5.41, 5.74) is 3.47. The highest BCUT2D eigenvalue weighted by molar-refractivity contribution is 5.45. The molecule has 0 amide bonds. The second kappa shape index (κ2) is 5.65. The normalized spacial score (nSPS) is 10.4. The lowest BCUT2D eigenvalue weighted by Gasteiger charge is -2.08. The maximum atomic E-state index is 13.5. The third-order valence-electron chi connectivity index (χ3n) is 2.82. The van der Waals surface area contributed by atoms with Crippen LogP contribution in [-0.2, 0) is 13.2 Å². The minimum absolute atomic E-state index is 0.0345. The van der Waals surface area contributed by atoms with Crippen LogP contribution in [0.4, 0.5) is 10.1 Å². The van der Waals surface area contributed by atoms with Crippen LogP contribution in [0.5, 0.6) is 0 Å². The van der Waals surface area contributed by atoms with Gasteiger partial charge in [0.15, 0.2) is 0 Å². The van der Waals surface area contributed by atoms with Gasteiger partial charge in [0.05, 0.1) is 6.61 Å².